The maximum absolute atomic E-state index is 8.81. The summed E-state index contributed by atoms with van der Waals surface area (Å²) in [6.45, 7) is 5.96. The van der Waals surface area contributed by atoms with Gasteiger partial charge in [-0.05, 0) is 40.0 Å². The summed E-state index contributed by atoms with van der Waals surface area (Å²) in [5.41, 5.74) is -0.648. The van der Waals surface area contributed by atoms with Crippen LogP contribution >= 0.6 is 0 Å². The molecule has 2 nitrogen and oxygen atoms in total. The van der Waals surface area contributed by atoms with Gasteiger partial charge >= 0.3 is 0 Å². The Balaban J connectivity index is 2.69. The van der Waals surface area contributed by atoms with E-state index in [1.165, 1.54) is 0 Å². The van der Waals surface area contributed by atoms with Crippen molar-refractivity contribution < 1.29 is 4.74 Å². The van der Waals surface area contributed by atoms with E-state index in [2.05, 4.69) is 6.07 Å². The number of nitriles is 1. The van der Waals surface area contributed by atoms with Crippen LogP contribution in [0.25, 0.3) is 0 Å². The van der Waals surface area contributed by atoms with Gasteiger partial charge in [-0.1, -0.05) is 0 Å². The Bertz CT molecular complexity index is 192. The van der Waals surface area contributed by atoms with Gasteiger partial charge in [0, 0.05) is 0 Å². The molecule has 0 aromatic rings. The summed E-state index contributed by atoms with van der Waals surface area (Å²) >= 11 is 0. The molecule has 0 unspecified atom stereocenters. The van der Waals surface area contributed by atoms with E-state index in [9.17, 15) is 0 Å². The second kappa shape index (κ2) is 2.49. The van der Waals surface area contributed by atoms with E-state index in [4.69, 9.17) is 10.00 Å². The first kappa shape index (κ1) is 8.55. The number of hydrogen-bond acceptors (Lipinski definition) is 2. The van der Waals surface area contributed by atoms with Gasteiger partial charge in [0.1, 0.15) is 0 Å². The lowest BCUT2D eigenvalue weighted by Crippen LogP contribution is -2.42. The van der Waals surface area contributed by atoms with Crippen molar-refractivity contribution in [1.29, 1.82) is 5.26 Å². The molecule has 1 aliphatic heterocycles. The van der Waals surface area contributed by atoms with Crippen molar-refractivity contribution in [3.63, 3.8) is 0 Å². The Morgan fingerprint density at radius 3 is 2.27 bits per heavy atom. The molecular formula is C9H15NO. The van der Waals surface area contributed by atoms with Gasteiger partial charge in [-0.2, -0.15) is 5.26 Å². The van der Waals surface area contributed by atoms with Gasteiger partial charge in [0.2, 0.25) is 0 Å². The van der Waals surface area contributed by atoms with Crippen molar-refractivity contribution >= 4 is 0 Å². The minimum absolute atomic E-state index is 0.108. The summed E-state index contributed by atoms with van der Waals surface area (Å²) in [7, 11) is 0. The van der Waals surface area contributed by atoms with E-state index in [0.29, 0.717) is 0 Å². The molecule has 1 rings (SSSR count). The molecule has 0 spiro atoms. The third kappa shape index (κ3) is 1.94. The maximum atomic E-state index is 8.81. The van der Waals surface area contributed by atoms with Crippen LogP contribution < -0.4 is 0 Å². The first-order valence-corrected chi connectivity index (χ1v) is 4.09. The molecule has 0 aromatic carbocycles. The summed E-state index contributed by atoms with van der Waals surface area (Å²) in [5, 5.41) is 8.81. The predicted octanol–water partition coefficient (Wildman–Crippen LogP) is 2.25. The van der Waals surface area contributed by atoms with Gasteiger partial charge in [0.05, 0.1) is 11.7 Å². The third-order valence-corrected chi connectivity index (χ3v) is 2.17. The molecule has 1 fully saturated rings. The highest BCUT2D eigenvalue weighted by molar-refractivity contribution is 5.02. The maximum Gasteiger partial charge on any atom is 0.152 e. The third-order valence-electron chi connectivity index (χ3n) is 2.17. The predicted molar refractivity (Wildman–Crippen MR) is 43.0 cm³/mol. The molecule has 0 saturated carbocycles. The van der Waals surface area contributed by atoms with Crippen LogP contribution in [0.3, 0.4) is 0 Å². The first-order chi connectivity index (χ1) is 4.97. The Hall–Kier alpha value is -0.550. The van der Waals surface area contributed by atoms with Crippen LogP contribution in [0, 0.1) is 11.3 Å². The number of ether oxygens (including phenoxy) is 1. The van der Waals surface area contributed by atoms with Crippen molar-refractivity contribution in [1.82, 2.24) is 0 Å². The quantitative estimate of drug-likeness (QED) is 0.534. The molecule has 0 amide bonds. The van der Waals surface area contributed by atoms with Crippen molar-refractivity contribution in [3.8, 4) is 6.07 Å². The Kier molecular flexibility index (Phi) is 1.94. The standard InChI is InChI=1S/C9H15NO/c1-8(2)5-4-6-9(3,7-10)11-8/h4-6H2,1-3H3/t9-/m0/s1. The highest BCUT2D eigenvalue weighted by atomic mass is 16.5. The second-order valence-corrected chi connectivity index (χ2v) is 4.06. The zero-order valence-corrected chi connectivity index (χ0v) is 7.48. The van der Waals surface area contributed by atoms with Gasteiger partial charge in [-0.3, -0.25) is 0 Å². The molecule has 0 aliphatic carbocycles. The summed E-state index contributed by atoms with van der Waals surface area (Å²) in [6.07, 6.45) is 3.02. The molecular weight excluding hydrogens is 138 g/mol. The van der Waals surface area contributed by atoms with Crippen molar-refractivity contribution in [3.05, 3.63) is 0 Å². The fraction of sp³-hybridized carbons (Fsp3) is 0.889. The van der Waals surface area contributed by atoms with E-state index in [1.54, 1.807) is 0 Å². The van der Waals surface area contributed by atoms with E-state index < -0.39 is 5.60 Å². The Labute approximate surface area is 68.2 Å². The van der Waals surface area contributed by atoms with Gasteiger partial charge in [-0.25, -0.2) is 0 Å². The molecule has 1 atom stereocenters. The Morgan fingerprint density at radius 1 is 1.27 bits per heavy atom. The van der Waals surface area contributed by atoms with Crippen LogP contribution in [-0.4, -0.2) is 11.2 Å². The van der Waals surface area contributed by atoms with Crippen molar-refractivity contribution in [2.75, 3.05) is 0 Å². The number of hydrogen-bond donors (Lipinski definition) is 0. The molecule has 1 saturated heterocycles. The fourth-order valence-corrected chi connectivity index (χ4v) is 1.64. The van der Waals surface area contributed by atoms with Gasteiger partial charge < -0.3 is 4.74 Å². The van der Waals surface area contributed by atoms with Crippen LogP contribution in [0.4, 0.5) is 0 Å². The zero-order chi connectivity index (χ0) is 8.54. The van der Waals surface area contributed by atoms with Crippen LogP contribution in [0.5, 0.6) is 0 Å². The molecule has 0 N–H and O–H groups in total. The highest BCUT2D eigenvalue weighted by Crippen LogP contribution is 2.34. The van der Waals surface area contributed by atoms with E-state index in [1.807, 2.05) is 20.8 Å². The van der Waals surface area contributed by atoms with Crippen molar-refractivity contribution in [2.45, 2.75) is 51.2 Å². The minimum atomic E-state index is -0.540. The monoisotopic (exact) mass is 153 g/mol. The topological polar surface area (TPSA) is 33.0 Å². The number of nitrogens with zero attached hydrogens (tertiary/aromatic N) is 1. The summed E-state index contributed by atoms with van der Waals surface area (Å²) in [4.78, 5) is 0. The van der Waals surface area contributed by atoms with E-state index >= 15 is 0 Å². The SMILES string of the molecule is CC1(C)CCC[C@@](C)(C#N)O1. The van der Waals surface area contributed by atoms with Gasteiger partial charge in [0.15, 0.2) is 5.60 Å². The van der Waals surface area contributed by atoms with Gasteiger partial charge in [0.25, 0.3) is 0 Å². The molecule has 11 heavy (non-hydrogen) atoms. The smallest absolute Gasteiger partial charge is 0.152 e. The molecule has 1 aliphatic rings. The summed E-state index contributed by atoms with van der Waals surface area (Å²) < 4.78 is 5.65. The highest BCUT2D eigenvalue weighted by Gasteiger charge is 2.37. The molecule has 1 heterocycles. The van der Waals surface area contributed by atoms with Crippen LogP contribution in [0.15, 0.2) is 0 Å². The van der Waals surface area contributed by atoms with Gasteiger partial charge in [-0.15, -0.1) is 0 Å². The summed E-state index contributed by atoms with van der Waals surface area (Å²) in [6, 6.07) is 2.21. The molecule has 0 radical (unpaired) electrons. The molecule has 2 heteroatoms. The van der Waals surface area contributed by atoms with Crippen LogP contribution in [-0.2, 0) is 4.74 Å². The zero-order valence-electron chi connectivity index (χ0n) is 7.48. The lowest BCUT2D eigenvalue weighted by atomic mass is 9.89. The first-order valence-electron chi connectivity index (χ1n) is 4.09. The lowest BCUT2D eigenvalue weighted by molar-refractivity contribution is -0.135. The minimum Gasteiger partial charge on any atom is -0.355 e. The average molecular weight is 153 g/mol. The number of rotatable bonds is 0. The molecule has 0 bridgehead atoms. The van der Waals surface area contributed by atoms with Crippen LogP contribution in [0.2, 0.25) is 0 Å². The normalized spacial score (nSPS) is 36.2. The van der Waals surface area contributed by atoms with Crippen LogP contribution in [0.1, 0.15) is 40.0 Å². The van der Waals surface area contributed by atoms with E-state index in [-0.39, 0.29) is 5.60 Å². The average Bonchev–Trinajstić information content (AvgIpc) is 1.85. The summed E-state index contributed by atoms with van der Waals surface area (Å²) in [5.74, 6) is 0. The molecule has 0 aromatic heterocycles. The lowest BCUT2D eigenvalue weighted by Gasteiger charge is -2.39. The molecule has 62 valence electrons. The van der Waals surface area contributed by atoms with E-state index in [0.717, 1.165) is 19.3 Å². The second-order valence-electron chi connectivity index (χ2n) is 4.06. The van der Waals surface area contributed by atoms with Crippen molar-refractivity contribution in [2.24, 2.45) is 0 Å². The largest absolute Gasteiger partial charge is 0.355 e. The fourth-order valence-electron chi connectivity index (χ4n) is 1.64. The Morgan fingerprint density at radius 2 is 1.91 bits per heavy atom.